The first kappa shape index (κ1) is 73.3. The van der Waals surface area contributed by atoms with Gasteiger partial charge in [0.25, 0.3) is 0 Å². The van der Waals surface area contributed by atoms with Gasteiger partial charge in [-0.3, -0.25) is 9.59 Å². The van der Waals surface area contributed by atoms with E-state index in [9.17, 15) is 19.8 Å². The Labute approximate surface area is 469 Å². The van der Waals surface area contributed by atoms with Crippen LogP contribution in [0.5, 0.6) is 0 Å². The third-order valence-corrected chi connectivity index (χ3v) is 16.0. The zero-order chi connectivity index (χ0) is 54.3. The average Bonchev–Trinajstić information content (AvgIpc) is 3.41. The Bertz CT molecular complexity index is 1170. The molecular formula is C69H133NO5. The van der Waals surface area contributed by atoms with Crippen LogP contribution < -0.4 is 5.32 Å². The van der Waals surface area contributed by atoms with Crippen LogP contribution in [0.15, 0.2) is 24.3 Å². The number of aliphatic hydroxyl groups is 2. The van der Waals surface area contributed by atoms with Gasteiger partial charge in [-0.25, -0.2) is 0 Å². The first-order valence-electron chi connectivity index (χ1n) is 34.1. The largest absolute Gasteiger partial charge is 0.466 e. The molecule has 0 rings (SSSR count). The Balaban J connectivity index is 3.37. The van der Waals surface area contributed by atoms with Gasteiger partial charge in [0.05, 0.1) is 25.4 Å². The van der Waals surface area contributed by atoms with Crippen molar-refractivity contribution < 1.29 is 24.5 Å². The molecule has 0 aliphatic rings. The van der Waals surface area contributed by atoms with Gasteiger partial charge in [-0.1, -0.05) is 334 Å². The molecule has 0 aromatic rings. The second-order valence-corrected chi connectivity index (χ2v) is 23.5. The predicted octanol–water partition coefficient (Wildman–Crippen LogP) is 21.8. The van der Waals surface area contributed by atoms with E-state index in [1.807, 2.05) is 0 Å². The molecule has 0 radical (unpaired) electrons. The zero-order valence-electron chi connectivity index (χ0n) is 50.8. The van der Waals surface area contributed by atoms with Gasteiger partial charge in [0.2, 0.25) is 5.91 Å². The highest BCUT2D eigenvalue weighted by molar-refractivity contribution is 5.76. The summed E-state index contributed by atoms with van der Waals surface area (Å²) in [5.74, 6) is -0.0233. The van der Waals surface area contributed by atoms with E-state index in [-0.39, 0.29) is 18.5 Å². The van der Waals surface area contributed by atoms with Crippen LogP contribution in [-0.4, -0.2) is 47.4 Å². The number of carbonyl (C=O) groups is 2. The van der Waals surface area contributed by atoms with Crippen molar-refractivity contribution in [2.75, 3.05) is 13.2 Å². The lowest BCUT2D eigenvalue weighted by Crippen LogP contribution is -2.45. The zero-order valence-corrected chi connectivity index (χ0v) is 50.8. The summed E-state index contributed by atoms with van der Waals surface area (Å²) in [6, 6.07) is -0.543. The number of hydrogen-bond acceptors (Lipinski definition) is 5. The second kappa shape index (κ2) is 64.9. The Kier molecular flexibility index (Phi) is 63.4. The number of ether oxygens (including phenoxy) is 1. The van der Waals surface area contributed by atoms with Crippen LogP contribution in [0.3, 0.4) is 0 Å². The normalized spacial score (nSPS) is 12.6. The number of unbranched alkanes of at least 4 members (excludes halogenated alkanes) is 49. The molecule has 2 unspecified atom stereocenters. The molecule has 0 heterocycles. The van der Waals surface area contributed by atoms with Crippen molar-refractivity contribution in [1.29, 1.82) is 0 Å². The fourth-order valence-corrected chi connectivity index (χ4v) is 10.8. The third kappa shape index (κ3) is 61.4. The van der Waals surface area contributed by atoms with Crippen LogP contribution in [0.4, 0.5) is 0 Å². The monoisotopic (exact) mass is 1060 g/mol. The van der Waals surface area contributed by atoms with Crippen molar-refractivity contribution in [1.82, 2.24) is 5.32 Å². The van der Waals surface area contributed by atoms with Gasteiger partial charge in [-0.05, 0) is 57.8 Å². The molecule has 6 heteroatoms. The molecule has 0 aromatic heterocycles. The lowest BCUT2D eigenvalue weighted by atomic mass is 10.0. The van der Waals surface area contributed by atoms with E-state index in [1.54, 1.807) is 0 Å². The molecule has 0 aliphatic carbocycles. The average molecular weight is 1060 g/mol. The number of amides is 1. The van der Waals surface area contributed by atoms with Crippen molar-refractivity contribution in [2.24, 2.45) is 0 Å². The minimum atomic E-state index is -0.665. The Hall–Kier alpha value is -1.66. The summed E-state index contributed by atoms with van der Waals surface area (Å²) < 4.78 is 5.50. The number of nitrogens with one attached hydrogen (secondary N) is 1. The molecule has 0 aromatic carbocycles. The molecule has 0 saturated heterocycles. The number of aliphatic hydroxyl groups excluding tert-OH is 2. The summed E-state index contributed by atoms with van der Waals surface area (Å²) in [5, 5.41) is 23.4. The van der Waals surface area contributed by atoms with Crippen molar-refractivity contribution >= 4 is 11.9 Å². The lowest BCUT2D eigenvalue weighted by Gasteiger charge is -2.22. The third-order valence-electron chi connectivity index (χ3n) is 16.0. The van der Waals surface area contributed by atoms with Gasteiger partial charge in [0, 0.05) is 12.8 Å². The fourth-order valence-electron chi connectivity index (χ4n) is 10.8. The van der Waals surface area contributed by atoms with Crippen molar-refractivity contribution in [3.05, 3.63) is 24.3 Å². The number of carbonyl (C=O) groups excluding carboxylic acids is 2. The molecule has 444 valence electrons. The summed E-state index contributed by atoms with van der Waals surface area (Å²) >= 11 is 0. The summed E-state index contributed by atoms with van der Waals surface area (Å²) in [5.41, 5.74) is 0. The quantitative estimate of drug-likeness (QED) is 0.0320. The van der Waals surface area contributed by atoms with Crippen LogP contribution >= 0.6 is 0 Å². The lowest BCUT2D eigenvalue weighted by molar-refractivity contribution is -0.143. The second-order valence-electron chi connectivity index (χ2n) is 23.5. The molecule has 6 nitrogen and oxygen atoms in total. The van der Waals surface area contributed by atoms with E-state index in [1.165, 1.54) is 295 Å². The number of hydrogen-bond donors (Lipinski definition) is 3. The van der Waals surface area contributed by atoms with Gasteiger partial charge in [-0.2, -0.15) is 0 Å². The van der Waals surface area contributed by atoms with Crippen LogP contribution in [0, 0.1) is 0 Å². The molecule has 75 heavy (non-hydrogen) atoms. The molecule has 0 saturated carbocycles. The summed E-state index contributed by atoms with van der Waals surface area (Å²) in [4.78, 5) is 24.6. The Morgan fingerprint density at radius 3 is 1.04 bits per heavy atom. The molecule has 3 N–H and O–H groups in total. The molecule has 0 fully saturated rings. The molecular weight excluding hydrogens is 923 g/mol. The van der Waals surface area contributed by atoms with Gasteiger partial charge in [0.15, 0.2) is 0 Å². The minimum Gasteiger partial charge on any atom is -0.466 e. The number of rotatable bonds is 64. The molecule has 2 atom stereocenters. The standard InChI is InChI=1S/C69H133NO5/c1-3-5-7-9-11-13-15-17-19-21-26-31-35-39-43-47-51-55-59-63-69(74)75-64-60-56-52-48-44-40-36-32-28-25-23-24-27-30-34-38-42-46-50-54-58-62-68(73)70-66(65-71)67(72)61-57-53-49-45-41-37-33-29-22-20-18-16-14-12-10-8-6-4-2/h11,13,17,19,66-67,71-72H,3-10,12,14-16,18,20-65H2,1-2H3,(H,70,73)/b13-11-,19-17-. The van der Waals surface area contributed by atoms with E-state index in [0.29, 0.717) is 25.9 Å². The summed E-state index contributed by atoms with van der Waals surface area (Å²) in [6.07, 6.45) is 80.6. The maximum Gasteiger partial charge on any atom is 0.305 e. The molecule has 0 bridgehead atoms. The maximum atomic E-state index is 12.5. The van der Waals surface area contributed by atoms with Crippen LogP contribution in [0.25, 0.3) is 0 Å². The number of esters is 1. The Morgan fingerprint density at radius 2 is 0.667 bits per heavy atom. The SMILES string of the molecule is CCCCC/C=C\C/C=C\CCCCCCCCCCCC(=O)OCCCCCCCCCCCCCCCCCCCCCCCC(=O)NC(CO)C(O)CCCCCCCCCCCCCCCCCCCC. The maximum absolute atomic E-state index is 12.5. The number of allylic oxidation sites excluding steroid dienone is 4. The summed E-state index contributed by atoms with van der Waals surface area (Å²) in [7, 11) is 0. The van der Waals surface area contributed by atoms with E-state index in [0.717, 1.165) is 51.4 Å². The summed E-state index contributed by atoms with van der Waals surface area (Å²) in [6.45, 7) is 4.96. The smallest absolute Gasteiger partial charge is 0.305 e. The molecule has 0 spiro atoms. The Morgan fingerprint density at radius 1 is 0.373 bits per heavy atom. The topological polar surface area (TPSA) is 95.9 Å². The molecule has 1 amide bonds. The highest BCUT2D eigenvalue weighted by Crippen LogP contribution is 2.19. The fraction of sp³-hybridized carbons (Fsp3) is 0.913. The molecule has 0 aliphatic heterocycles. The predicted molar refractivity (Wildman–Crippen MR) is 329 cm³/mol. The van der Waals surface area contributed by atoms with E-state index >= 15 is 0 Å². The highest BCUT2D eigenvalue weighted by atomic mass is 16.5. The van der Waals surface area contributed by atoms with Crippen molar-refractivity contribution in [3.8, 4) is 0 Å². The van der Waals surface area contributed by atoms with E-state index in [2.05, 4.69) is 43.5 Å². The van der Waals surface area contributed by atoms with Gasteiger partial charge in [0.1, 0.15) is 0 Å². The van der Waals surface area contributed by atoms with Crippen LogP contribution in [0.1, 0.15) is 380 Å². The minimum absolute atomic E-state index is 0.00915. The van der Waals surface area contributed by atoms with E-state index < -0.39 is 12.1 Å². The first-order chi connectivity index (χ1) is 37.0. The van der Waals surface area contributed by atoms with Gasteiger partial charge in [-0.15, -0.1) is 0 Å². The van der Waals surface area contributed by atoms with Crippen molar-refractivity contribution in [3.63, 3.8) is 0 Å². The first-order valence-corrected chi connectivity index (χ1v) is 34.1. The van der Waals surface area contributed by atoms with Gasteiger partial charge >= 0.3 is 5.97 Å². The van der Waals surface area contributed by atoms with Crippen LogP contribution in [-0.2, 0) is 14.3 Å². The van der Waals surface area contributed by atoms with E-state index in [4.69, 9.17) is 4.74 Å². The van der Waals surface area contributed by atoms with Gasteiger partial charge < -0.3 is 20.3 Å². The van der Waals surface area contributed by atoms with Crippen LogP contribution in [0.2, 0.25) is 0 Å². The highest BCUT2D eigenvalue weighted by Gasteiger charge is 2.20. The van der Waals surface area contributed by atoms with Crippen molar-refractivity contribution in [2.45, 2.75) is 392 Å².